The monoisotopic (exact) mass is 258 g/mol. The normalized spacial score (nSPS) is 10.9. The number of nitro benzene ring substituents is 1. The lowest BCUT2D eigenvalue weighted by Gasteiger charge is -2.14. The van der Waals surface area contributed by atoms with Gasteiger partial charge in [0.15, 0.2) is 6.29 Å². The average Bonchev–Trinajstić information content (AvgIpc) is 2.36. The van der Waals surface area contributed by atoms with Crippen LogP contribution in [0.1, 0.15) is 5.56 Å². The third kappa shape index (κ3) is 4.02. The Bertz CT molecular complexity index is 410. The molecule has 0 aliphatic heterocycles. The molecule has 1 N–H and O–H groups in total. The van der Waals surface area contributed by atoms with Crippen LogP contribution in [0.2, 0.25) is 0 Å². The lowest BCUT2D eigenvalue weighted by molar-refractivity contribution is -0.385. The highest BCUT2D eigenvalue weighted by Crippen LogP contribution is 2.16. The van der Waals surface area contributed by atoms with Gasteiger partial charge in [0.25, 0.3) is 5.69 Å². The minimum Gasteiger partial charge on any atom is -0.355 e. The summed E-state index contributed by atoms with van der Waals surface area (Å²) in [7, 11) is 2.98. The van der Waals surface area contributed by atoms with Crippen LogP contribution in [-0.4, -0.2) is 32.0 Å². The maximum absolute atomic E-state index is 13.4. The molecule has 7 heteroatoms. The molecular weight excluding hydrogens is 243 g/mol. The quantitative estimate of drug-likeness (QED) is 0.455. The Morgan fingerprint density at radius 2 is 2.11 bits per heavy atom. The standard InChI is InChI=1S/C11H15FN2O4/c1-17-11(18-2)7-13-6-8-5-9(14(15)16)3-4-10(8)12/h3-5,11,13H,6-7H2,1-2H3. The van der Waals surface area contributed by atoms with E-state index in [9.17, 15) is 14.5 Å². The molecule has 6 nitrogen and oxygen atoms in total. The van der Waals surface area contributed by atoms with Crippen LogP contribution in [0.25, 0.3) is 0 Å². The number of benzene rings is 1. The van der Waals surface area contributed by atoms with Crippen LogP contribution in [-0.2, 0) is 16.0 Å². The highest BCUT2D eigenvalue weighted by molar-refractivity contribution is 5.35. The van der Waals surface area contributed by atoms with E-state index in [-0.39, 0.29) is 17.8 Å². The van der Waals surface area contributed by atoms with Crippen molar-refractivity contribution >= 4 is 5.69 Å². The molecule has 0 saturated heterocycles. The van der Waals surface area contributed by atoms with Gasteiger partial charge in [-0.3, -0.25) is 10.1 Å². The first-order chi connectivity index (χ1) is 8.58. The van der Waals surface area contributed by atoms with Crippen molar-refractivity contribution in [2.45, 2.75) is 12.8 Å². The molecule has 1 aromatic carbocycles. The van der Waals surface area contributed by atoms with E-state index in [0.29, 0.717) is 6.54 Å². The van der Waals surface area contributed by atoms with Gasteiger partial charge < -0.3 is 14.8 Å². The molecular formula is C11H15FN2O4. The number of methoxy groups -OCH3 is 2. The largest absolute Gasteiger partial charge is 0.355 e. The second kappa shape index (κ2) is 7.00. The fraction of sp³-hybridized carbons (Fsp3) is 0.455. The molecule has 100 valence electrons. The third-order valence-electron chi connectivity index (χ3n) is 2.39. The molecule has 0 atom stereocenters. The summed E-state index contributed by atoms with van der Waals surface area (Å²) < 4.78 is 23.3. The van der Waals surface area contributed by atoms with E-state index in [0.717, 1.165) is 12.1 Å². The highest BCUT2D eigenvalue weighted by Gasteiger charge is 2.11. The molecule has 18 heavy (non-hydrogen) atoms. The van der Waals surface area contributed by atoms with Crippen molar-refractivity contribution in [3.63, 3.8) is 0 Å². The summed E-state index contributed by atoms with van der Waals surface area (Å²) in [5.41, 5.74) is 0.0957. The Labute approximate surface area is 104 Å². The molecule has 0 radical (unpaired) electrons. The van der Waals surface area contributed by atoms with Gasteiger partial charge in [-0.25, -0.2) is 4.39 Å². The molecule has 0 aromatic heterocycles. The van der Waals surface area contributed by atoms with Crippen molar-refractivity contribution in [1.82, 2.24) is 5.32 Å². The Morgan fingerprint density at radius 1 is 1.44 bits per heavy atom. The van der Waals surface area contributed by atoms with Crippen LogP contribution in [0.4, 0.5) is 10.1 Å². The zero-order valence-electron chi connectivity index (χ0n) is 10.2. The summed E-state index contributed by atoms with van der Waals surface area (Å²) in [5, 5.41) is 13.5. The van der Waals surface area contributed by atoms with Crippen LogP contribution in [0.15, 0.2) is 18.2 Å². The number of halogens is 1. The number of non-ortho nitro benzene ring substituents is 1. The van der Waals surface area contributed by atoms with Crippen molar-refractivity contribution in [1.29, 1.82) is 0 Å². The molecule has 0 saturated carbocycles. The first kappa shape index (κ1) is 14.5. The first-order valence-electron chi connectivity index (χ1n) is 5.27. The van der Waals surface area contributed by atoms with E-state index in [1.54, 1.807) is 0 Å². The van der Waals surface area contributed by atoms with E-state index in [4.69, 9.17) is 9.47 Å². The topological polar surface area (TPSA) is 73.6 Å². The second-order valence-electron chi connectivity index (χ2n) is 3.56. The number of rotatable bonds is 7. The minimum absolute atomic E-state index is 0.136. The molecule has 0 amide bonds. The molecule has 0 aliphatic rings. The predicted molar refractivity (Wildman–Crippen MR) is 62.6 cm³/mol. The van der Waals surface area contributed by atoms with Gasteiger partial charge in [-0.15, -0.1) is 0 Å². The Balaban J connectivity index is 2.61. The maximum atomic E-state index is 13.4. The van der Waals surface area contributed by atoms with E-state index in [1.807, 2.05) is 0 Å². The number of nitrogens with zero attached hydrogens (tertiary/aromatic N) is 1. The number of hydrogen-bond acceptors (Lipinski definition) is 5. The number of ether oxygens (including phenoxy) is 2. The summed E-state index contributed by atoms with van der Waals surface area (Å²) in [6.45, 7) is 0.520. The summed E-state index contributed by atoms with van der Waals surface area (Å²) in [6, 6.07) is 3.42. The number of nitro groups is 1. The summed E-state index contributed by atoms with van der Waals surface area (Å²) in [4.78, 5) is 10.0. The molecule has 0 bridgehead atoms. The number of hydrogen-bond donors (Lipinski definition) is 1. The highest BCUT2D eigenvalue weighted by atomic mass is 19.1. The Morgan fingerprint density at radius 3 is 2.67 bits per heavy atom. The second-order valence-corrected chi connectivity index (χ2v) is 3.56. The van der Waals surface area contributed by atoms with Gasteiger partial charge in [0, 0.05) is 45.0 Å². The van der Waals surface area contributed by atoms with Crippen LogP contribution in [0.3, 0.4) is 0 Å². The Hall–Kier alpha value is -1.57. The van der Waals surface area contributed by atoms with Gasteiger partial charge in [-0.05, 0) is 6.07 Å². The van der Waals surface area contributed by atoms with Crippen LogP contribution >= 0.6 is 0 Å². The van der Waals surface area contributed by atoms with E-state index >= 15 is 0 Å². The molecule has 0 heterocycles. The molecule has 0 unspecified atom stereocenters. The fourth-order valence-electron chi connectivity index (χ4n) is 1.40. The zero-order chi connectivity index (χ0) is 13.5. The van der Waals surface area contributed by atoms with Crippen molar-refractivity contribution in [3.05, 3.63) is 39.7 Å². The third-order valence-corrected chi connectivity index (χ3v) is 2.39. The molecule has 0 fully saturated rings. The molecule has 1 aromatic rings. The lowest BCUT2D eigenvalue weighted by Crippen LogP contribution is -2.29. The van der Waals surface area contributed by atoms with Gasteiger partial charge >= 0.3 is 0 Å². The maximum Gasteiger partial charge on any atom is 0.269 e. The van der Waals surface area contributed by atoms with Crippen LogP contribution in [0.5, 0.6) is 0 Å². The smallest absolute Gasteiger partial charge is 0.269 e. The van der Waals surface area contributed by atoms with Gasteiger partial charge in [-0.1, -0.05) is 0 Å². The first-order valence-corrected chi connectivity index (χ1v) is 5.27. The summed E-state index contributed by atoms with van der Waals surface area (Å²) in [6.07, 6.45) is -0.438. The Kier molecular flexibility index (Phi) is 5.63. The van der Waals surface area contributed by atoms with Crippen LogP contribution < -0.4 is 5.32 Å². The van der Waals surface area contributed by atoms with Gasteiger partial charge in [0.05, 0.1) is 4.92 Å². The molecule has 1 rings (SSSR count). The van der Waals surface area contributed by atoms with Crippen molar-refractivity contribution < 1.29 is 18.8 Å². The summed E-state index contributed by atoms with van der Waals surface area (Å²) in [5.74, 6) is -0.487. The predicted octanol–water partition coefficient (Wildman–Crippen LogP) is 1.44. The molecule has 0 spiro atoms. The lowest BCUT2D eigenvalue weighted by atomic mass is 10.2. The van der Waals surface area contributed by atoms with Gasteiger partial charge in [0.1, 0.15) is 5.82 Å². The van der Waals surface area contributed by atoms with E-state index < -0.39 is 17.0 Å². The van der Waals surface area contributed by atoms with Crippen molar-refractivity contribution in [2.24, 2.45) is 0 Å². The summed E-state index contributed by atoms with van der Waals surface area (Å²) >= 11 is 0. The van der Waals surface area contributed by atoms with E-state index in [2.05, 4.69) is 5.32 Å². The van der Waals surface area contributed by atoms with Crippen molar-refractivity contribution in [3.8, 4) is 0 Å². The zero-order valence-corrected chi connectivity index (χ0v) is 10.2. The van der Waals surface area contributed by atoms with E-state index in [1.165, 1.54) is 20.3 Å². The molecule has 0 aliphatic carbocycles. The van der Waals surface area contributed by atoms with Crippen LogP contribution in [0, 0.1) is 15.9 Å². The van der Waals surface area contributed by atoms with Crippen molar-refractivity contribution in [2.75, 3.05) is 20.8 Å². The average molecular weight is 258 g/mol. The number of nitrogens with one attached hydrogen (secondary N) is 1. The minimum atomic E-state index is -0.559. The van der Waals surface area contributed by atoms with Gasteiger partial charge in [-0.2, -0.15) is 0 Å². The van der Waals surface area contributed by atoms with Gasteiger partial charge in [0.2, 0.25) is 0 Å². The SMILES string of the molecule is COC(CNCc1cc([N+](=O)[O-])ccc1F)OC. The fourth-order valence-corrected chi connectivity index (χ4v) is 1.40.